The molecule has 100 valence electrons. The van der Waals surface area contributed by atoms with E-state index in [0.717, 1.165) is 0 Å². The summed E-state index contributed by atoms with van der Waals surface area (Å²) in [5.74, 6) is 0. The Bertz CT molecular complexity index is 428. The van der Waals surface area contributed by atoms with Crippen LogP contribution in [0.15, 0.2) is 41.8 Å². The van der Waals surface area contributed by atoms with Crippen molar-refractivity contribution in [1.29, 1.82) is 0 Å². The minimum atomic E-state index is -0.180. The molecular formula is C18H26Mg. The van der Waals surface area contributed by atoms with Crippen LogP contribution in [0.4, 0.5) is 0 Å². The van der Waals surface area contributed by atoms with Gasteiger partial charge in [0, 0.05) is 0 Å². The molecule has 0 N–H and O–H groups in total. The highest BCUT2D eigenvalue weighted by Crippen LogP contribution is 2.35. The quantitative estimate of drug-likeness (QED) is 0.557. The van der Waals surface area contributed by atoms with E-state index in [1.165, 1.54) is 38.5 Å². The molecule has 1 heteroatoms. The van der Waals surface area contributed by atoms with Crippen LogP contribution in [-0.2, 0) is 0 Å². The molecule has 0 spiro atoms. The van der Waals surface area contributed by atoms with Crippen molar-refractivity contribution in [1.82, 2.24) is 0 Å². The van der Waals surface area contributed by atoms with Gasteiger partial charge in [0.15, 0.2) is 0 Å². The molecule has 0 saturated heterocycles. The first kappa shape index (κ1) is 15.1. The Morgan fingerprint density at radius 3 is 1.47 bits per heavy atom. The van der Waals surface area contributed by atoms with Crippen molar-refractivity contribution < 1.29 is 0 Å². The number of rotatable bonds is 6. The summed E-state index contributed by atoms with van der Waals surface area (Å²) in [7, 11) is 0. The van der Waals surface area contributed by atoms with Gasteiger partial charge >= 0.3 is 20.4 Å². The Labute approximate surface area is 128 Å². The van der Waals surface area contributed by atoms with Gasteiger partial charge in [-0.15, -0.1) is 0 Å². The van der Waals surface area contributed by atoms with E-state index in [4.69, 9.17) is 0 Å². The molecule has 0 heterocycles. The molecule has 0 unspecified atom stereocenters. The molecule has 0 aliphatic heterocycles. The fourth-order valence-electron chi connectivity index (χ4n) is 3.72. The highest BCUT2D eigenvalue weighted by Gasteiger charge is 2.22. The zero-order valence-electron chi connectivity index (χ0n) is 13.1. The summed E-state index contributed by atoms with van der Waals surface area (Å²) in [6, 6.07) is 0. The summed E-state index contributed by atoms with van der Waals surface area (Å²) in [5.41, 5.74) is 6.74. The number of allylic oxidation sites excluding steroid dienone is 8. The van der Waals surface area contributed by atoms with E-state index < -0.39 is 0 Å². The summed E-state index contributed by atoms with van der Waals surface area (Å²) in [6.45, 7) is 9.26. The molecule has 0 aromatic rings. The first-order valence-electron chi connectivity index (χ1n) is 8.05. The molecule has 0 nitrogen and oxygen atoms in total. The predicted octanol–water partition coefficient (Wildman–Crippen LogP) is 5.50. The summed E-state index contributed by atoms with van der Waals surface area (Å²) in [6.07, 6.45) is 12.4. The van der Waals surface area contributed by atoms with Crippen LogP contribution in [0.25, 0.3) is 0 Å². The van der Waals surface area contributed by atoms with E-state index in [9.17, 15) is 0 Å². The Hall–Kier alpha value is -0.274. The molecule has 2 aliphatic carbocycles. The van der Waals surface area contributed by atoms with Crippen molar-refractivity contribution in [3.05, 3.63) is 41.8 Å². The van der Waals surface area contributed by atoms with Crippen molar-refractivity contribution in [3.63, 3.8) is 0 Å². The number of hydrogen-bond acceptors (Lipinski definition) is 0. The van der Waals surface area contributed by atoms with Crippen LogP contribution < -0.4 is 0 Å². The molecule has 2 aliphatic rings. The van der Waals surface area contributed by atoms with Crippen molar-refractivity contribution in [2.75, 3.05) is 0 Å². The van der Waals surface area contributed by atoms with E-state index in [1.54, 1.807) is 22.3 Å². The maximum Gasteiger partial charge on any atom is 0.439 e. The smallest absolute Gasteiger partial charge is 0.179 e. The lowest BCUT2D eigenvalue weighted by atomic mass is 10.1. The minimum absolute atomic E-state index is 0.180. The van der Waals surface area contributed by atoms with Crippen LogP contribution in [0.5, 0.6) is 0 Å². The van der Waals surface area contributed by atoms with E-state index >= 15 is 0 Å². The minimum Gasteiger partial charge on any atom is -0.179 e. The molecule has 0 radical (unpaired) electrons. The third-order valence-corrected chi connectivity index (χ3v) is 7.00. The topological polar surface area (TPSA) is 0 Å². The second-order valence-corrected chi connectivity index (χ2v) is 7.68. The largest absolute Gasteiger partial charge is 0.439 e. The van der Waals surface area contributed by atoms with Gasteiger partial charge in [-0.3, -0.25) is 0 Å². The van der Waals surface area contributed by atoms with E-state index in [1.807, 2.05) is 7.40 Å². The second kappa shape index (κ2) is 6.94. The summed E-state index contributed by atoms with van der Waals surface area (Å²) >= 11 is -0.180. The molecule has 0 fully saturated rings. The standard InChI is InChI=1S/2C9H13.Mg/c2*1-3-8-6-5-7-9(8)4-2;/h2*6H,3-5H2,1-2H3;. The first-order chi connectivity index (χ1) is 9.24. The number of hydrogen-bond donors (Lipinski definition) is 0. The van der Waals surface area contributed by atoms with Gasteiger partial charge in [-0.25, -0.2) is 0 Å². The van der Waals surface area contributed by atoms with Crippen molar-refractivity contribution >= 4 is 20.4 Å². The second-order valence-electron chi connectivity index (χ2n) is 5.62. The van der Waals surface area contributed by atoms with E-state index in [-0.39, 0.29) is 20.4 Å². The van der Waals surface area contributed by atoms with Gasteiger partial charge in [0.2, 0.25) is 0 Å². The van der Waals surface area contributed by atoms with Gasteiger partial charge in [-0.2, -0.15) is 7.40 Å². The molecule has 19 heavy (non-hydrogen) atoms. The van der Waals surface area contributed by atoms with Gasteiger partial charge in [-0.1, -0.05) is 62.1 Å². The van der Waals surface area contributed by atoms with Gasteiger partial charge in [0.25, 0.3) is 0 Å². The van der Waals surface area contributed by atoms with E-state index in [2.05, 4.69) is 39.8 Å². The Morgan fingerprint density at radius 1 is 0.737 bits per heavy atom. The third kappa shape index (κ3) is 3.08. The SMILES string of the molecule is CCC1=CC[C]([Mg][C]2=C(CC)C(CC)=CC2)=C1CC. The maximum absolute atomic E-state index is 2.50. The summed E-state index contributed by atoms with van der Waals surface area (Å²) in [5, 5.41) is 0. The van der Waals surface area contributed by atoms with Crippen LogP contribution in [0.3, 0.4) is 0 Å². The zero-order valence-corrected chi connectivity index (χ0v) is 14.5. The molecule has 2 rings (SSSR count). The molecule has 0 atom stereocenters. The molecule has 0 amide bonds. The molecule has 0 aromatic heterocycles. The fourth-order valence-corrected chi connectivity index (χ4v) is 6.20. The molecular weight excluding hydrogens is 241 g/mol. The summed E-state index contributed by atoms with van der Waals surface area (Å²) in [4.78, 5) is 0. The van der Waals surface area contributed by atoms with Crippen LogP contribution >= 0.6 is 0 Å². The Kier molecular flexibility index (Phi) is 5.53. The fraction of sp³-hybridized carbons (Fsp3) is 0.556. The molecule has 0 bridgehead atoms. The normalized spacial score (nSPS) is 18.9. The molecule has 0 aromatic carbocycles. The lowest BCUT2D eigenvalue weighted by Gasteiger charge is -2.12. The van der Waals surface area contributed by atoms with Gasteiger partial charge in [-0.05, 0) is 38.5 Å². The van der Waals surface area contributed by atoms with Crippen molar-refractivity contribution in [3.8, 4) is 0 Å². The van der Waals surface area contributed by atoms with Gasteiger partial charge in [0.05, 0.1) is 0 Å². The molecule has 0 saturated carbocycles. The monoisotopic (exact) mass is 266 g/mol. The average Bonchev–Trinajstić information content (AvgIpc) is 3.01. The lowest BCUT2D eigenvalue weighted by molar-refractivity contribution is 1.03. The van der Waals surface area contributed by atoms with Gasteiger partial charge in [0.1, 0.15) is 0 Å². The van der Waals surface area contributed by atoms with E-state index in [0.29, 0.717) is 0 Å². The first-order valence-corrected chi connectivity index (χ1v) is 9.46. The average molecular weight is 267 g/mol. The van der Waals surface area contributed by atoms with Crippen LogP contribution in [0.2, 0.25) is 0 Å². The predicted molar refractivity (Wildman–Crippen MR) is 86.4 cm³/mol. The summed E-state index contributed by atoms with van der Waals surface area (Å²) < 4.78 is 3.68. The van der Waals surface area contributed by atoms with Crippen molar-refractivity contribution in [2.24, 2.45) is 0 Å². The maximum atomic E-state index is 2.50. The van der Waals surface area contributed by atoms with Crippen molar-refractivity contribution in [2.45, 2.75) is 66.2 Å². The van der Waals surface area contributed by atoms with Crippen LogP contribution in [-0.4, -0.2) is 20.4 Å². The van der Waals surface area contributed by atoms with Crippen LogP contribution in [0.1, 0.15) is 66.2 Å². The highest BCUT2D eigenvalue weighted by atomic mass is 24.5. The lowest BCUT2D eigenvalue weighted by Crippen LogP contribution is -2.03. The van der Waals surface area contributed by atoms with Crippen LogP contribution in [0, 0.1) is 0 Å². The van der Waals surface area contributed by atoms with Gasteiger partial charge < -0.3 is 0 Å². The highest BCUT2D eigenvalue weighted by molar-refractivity contribution is 6.55. The Morgan fingerprint density at radius 2 is 1.16 bits per heavy atom. The zero-order chi connectivity index (χ0) is 13.8. The Balaban J connectivity index is 2.19. The third-order valence-electron chi connectivity index (χ3n) is 4.71.